The normalized spacial score (nSPS) is 15.1. The van der Waals surface area contributed by atoms with Crippen LogP contribution in [-0.4, -0.2) is 31.1 Å². The summed E-state index contributed by atoms with van der Waals surface area (Å²) in [6.45, 7) is 4.51. The molecule has 3 aromatic rings. The third-order valence-corrected chi connectivity index (χ3v) is 5.60. The van der Waals surface area contributed by atoms with Crippen LogP contribution in [0.15, 0.2) is 64.2 Å². The second-order valence-electron chi connectivity index (χ2n) is 7.08. The number of halogens is 1. The standard InChI is InChI=1S/C22H22ClN3O2/c23-18-9-5-4-8-17(18)14-24-19-20(22(28)21(19)27)26-12-10-25(11-13-26)15-16-6-2-1-3-7-16/h1-9,24H,10-15H2. The van der Waals surface area contributed by atoms with Gasteiger partial charge in [0.15, 0.2) is 0 Å². The van der Waals surface area contributed by atoms with E-state index in [0.717, 1.165) is 38.3 Å². The Balaban J connectivity index is 1.39. The Kier molecular flexibility index (Phi) is 5.46. The highest BCUT2D eigenvalue weighted by molar-refractivity contribution is 6.31. The molecule has 1 aliphatic heterocycles. The molecule has 0 radical (unpaired) electrons. The van der Waals surface area contributed by atoms with Gasteiger partial charge in [-0.25, -0.2) is 0 Å². The number of rotatable bonds is 6. The van der Waals surface area contributed by atoms with Crippen molar-refractivity contribution in [2.45, 2.75) is 13.1 Å². The van der Waals surface area contributed by atoms with E-state index in [1.165, 1.54) is 5.56 Å². The smallest absolute Gasteiger partial charge is 0.253 e. The predicted octanol–water partition coefficient (Wildman–Crippen LogP) is 2.87. The Morgan fingerprint density at radius 1 is 0.857 bits per heavy atom. The van der Waals surface area contributed by atoms with Crippen molar-refractivity contribution in [1.29, 1.82) is 0 Å². The maximum absolute atomic E-state index is 12.2. The van der Waals surface area contributed by atoms with Crippen molar-refractivity contribution in [3.63, 3.8) is 0 Å². The van der Waals surface area contributed by atoms with Crippen LogP contribution in [0.4, 0.5) is 11.4 Å². The van der Waals surface area contributed by atoms with Crippen LogP contribution in [0, 0.1) is 0 Å². The van der Waals surface area contributed by atoms with E-state index < -0.39 is 10.9 Å². The van der Waals surface area contributed by atoms with Gasteiger partial charge in [-0.2, -0.15) is 0 Å². The maximum atomic E-state index is 12.2. The van der Waals surface area contributed by atoms with Crippen LogP contribution in [0.5, 0.6) is 0 Å². The number of nitrogens with one attached hydrogen (secondary N) is 1. The fourth-order valence-corrected chi connectivity index (χ4v) is 3.84. The topological polar surface area (TPSA) is 52.7 Å². The summed E-state index contributed by atoms with van der Waals surface area (Å²) in [5, 5.41) is 3.77. The summed E-state index contributed by atoms with van der Waals surface area (Å²) in [5.41, 5.74) is 2.30. The SMILES string of the molecule is O=c1c(NCc2ccccc2Cl)c(N2CCN(Cc3ccccc3)CC2)c1=O. The summed E-state index contributed by atoms with van der Waals surface area (Å²) >= 11 is 6.18. The molecule has 3 aromatic carbocycles. The van der Waals surface area contributed by atoms with Crippen LogP contribution in [-0.2, 0) is 13.1 Å². The average molecular weight is 396 g/mol. The quantitative estimate of drug-likeness (QED) is 0.650. The van der Waals surface area contributed by atoms with Crippen LogP contribution in [0.25, 0.3) is 0 Å². The molecule has 6 heteroatoms. The van der Waals surface area contributed by atoms with Gasteiger partial charge < -0.3 is 10.2 Å². The van der Waals surface area contributed by atoms with Crippen molar-refractivity contribution >= 4 is 23.0 Å². The number of piperazine rings is 1. The first kappa shape index (κ1) is 18.7. The van der Waals surface area contributed by atoms with Gasteiger partial charge in [-0.1, -0.05) is 60.1 Å². The van der Waals surface area contributed by atoms with Crippen molar-refractivity contribution in [2.75, 3.05) is 36.4 Å². The fraction of sp³-hybridized carbons (Fsp3) is 0.273. The third kappa shape index (κ3) is 3.81. The zero-order chi connectivity index (χ0) is 19.5. The highest BCUT2D eigenvalue weighted by Crippen LogP contribution is 2.24. The molecule has 1 fully saturated rings. The molecule has 0 spiro atoms. The largest absolute Gasteiger partial charge is 0.376 e. The molecule has 1 heterocycles. The van der Waals surface area contributed by atoms with Crippen LogP contribution in [0.1, 0.15) is 11.1 Å². The molecule has 0 saturated carbocycles. The van der Waals surface area contributed by atoms with Crippen LogP contribution < -0.4 is 21.1 Å². The summed E-state index contributed by atoms with van der Waals surface area (Å²) in [6.07, 6.45) is 0. The molecule has 1 saturated heterocycles. The summed E-state index contributed by atoms with van der Waals surface area (Å²) < 4.78 is 0. The van der Waals surface area contributed by atoms with Gasteiger partial charge in [0.05, 0.1) is 0 Å². The van der Waals surface area contributed by atoms with Gasteiger partial charge >= 0.3 is 0 Å². The summed E-state index contributed by atoms with van der Waals surface area (Å²) in [7, 11) is 0. The Morgan fingerprint density at radius 2 is 1.54 bits per heavy atom. The zero-order valence-electron chi connectivity index (χ0n) is 15.5. The third-order valence-electron chi connectivity index (χ3n) is 5.24. The predicted molar refractivity (Wildman–Crippen MR) is 114 cm³/mol. The first-order valence-electron chi connectivity index (χ1n) is 9.45. The lowest BCUT2D eigenvalue weighted by Gasteiger charge is -2.37. The molecule has 5 nitrogen and oxygen atoms in total. The highest BCUT2D eigenvalue weighted by Gasteiger charge is 2.28. The molecule has 0 aliphatic carbocycles. The number of anilines is 2. The summed E-state index contributed by atoms with van der Waals surface area (Å²) in [4.78, 5) is 28.7. The van der Waals surface area contributed by atoms with E-state index in [2.05, 4.69) is 22.3 Å². The van der Waals surface area contributed by atoms with Gasteiger partial charge in [-0.3, -0.25) is 14.5 Å². The number of benzene rings is 2. The molecule has 0 bridgehead atoms. The molecular weight excluding hydrogens is 374 g/mol. The Hall–Kier alpha value is -2.63. The Labute approximate surface area is 168 Å². The molecule has 0 amide bonds. The molecule has 144 valence electrons. The van der Waals surface area contributed by atoms with Gasteiger partial charge in [-0.15, -0.1) is 0 Å². The second kappa shape index (κ2) is 8.17. The van der Waals surface area contributed by atoms with E-state index in [1.807, 2.05) is 47.4 Å². The number of hydrogen-bond donors (Lipinski definition) is 1. The van der Waals surface area contributed by atoms with Crippen LogP contribution in [0.3, 0.4) is 0 Å². The Morgan fingerprint density at radius 3 is 2.25 bits per heavy atom. The van der Waals surface area contributed by atoms with Gasteiger partial charge in [0, 0.05) is 44.3 Å². The van der Waals surface area contributed by atoms with Gasteiger partial charge in [-0.05, 0) is 17.2 Å². The molecular formula is C22H22ClN3O2. The molecule has 1 aliphatic rings. The lowest BCUT2D eigenvalue weighted by molar-refractivity contribution is 0.249. The van der Waals surface area contributed by atoms with Crippen LogP contribution in [0.2, 0.25) is 5.02 Å². The van der Waals surface area contributed by atoms with E-state index in [-0.39, 0.29) is 0 Å². The molecule has 0 unspecified atom stereocenters. The minimum atomic E-state index is -0.436. The minimum absolute atomic E-state index is 0.391. The number of nitrogens with zero attached hydrogens (tertiary/aromatic N) is 2. The molecule has 4 rings (SSSR count). The van der Waals surface area contributed by atoms with Crippen LogP contribution >= 0.6 is 11.6 Å². The van der Waals surface area contributed by atoms with E-state index >= 15 is 0 Å². The highest BCUT2D eigenvalue weighted by atomic mass is 35.5. The van der Waals surface area contributed by atoms with Gasteiger partial charge in [0.2, 0.25) is 0 Å². The van der Waals surface area contributed by atoms with Gasteiger partial charge in [0.25, 0.3) is 10.9 Å². The summed E-state index contributed by atoms with van der Waals surface area (Å²) in [5.74, 6) is 0. The van der Waals surface area contributed by atoms with Crippen molar-refractivity contribution in [3.8, 4) is 0 Å². The monoisotopic (exact) mass is 395 g/mol. The zero-order valence-corrected chi connectivity index (χ0v) is 16.3. The van der Waals surface area contributed by atoms with E-state index in [1.54, 1.807) is 0 Å². The molecule has 28 heavy (non-hydrogen) atoms. The van der Waals surface area contributed by atoms with Crippen molar-refractivity contribution in [2.24, 2.45) is 0 Å². The lowest BCUT2D eigenvalue weighted by atomic mass is 10.1. The molecule has 0 aromatic heterocycles. The second-order valence-corrected chi connectivity index (χ2v) is 7.48. The molecule has 0 atom stereocenters. The van der Waals surface area contributed by atoms with E-state index in [0.29, 0.717) is 22.9 Å². The van der Waals surface area contributed by atoms with Gasteiger partial charge in [0.1, 0.15) is 11.4 Å². The van der Waals surface area contributed by atoms with Crippen molar-refractivity contribution in [1.82, 2.24) is 4.90 Å². The fourth-order valence-electron chi connectivity index (χ4n) is 3.64. The van der Waals surface area contributed by atoms with Crippen molar-refractivity contribution in [3.05, 3.63) is 91.2 Å². The van der Waals surface area contributed by atoms with E-state index in [9.17, 15) is 9.59 Å². The first-order valence-corrected chi connectivity index (χ1v) is 9.83. The average Bonchev–Trinajstić information content (AvgIpc) is 2.73. The number of hydrogen-bond acceptors (Lipinski definition) is 5. The molecule has 1 N–H and O–H groups in total. The van der Waals surface area contributed by atoms with Crippen molar-refractivity contribution < 1.29 is 0 Å². The summed E-state index contributed by atoms with van der Waals surface area (Å²) in [6, 6.07) is 17.8. The lowest BCUT2D eigenvalue weighted by Crippen LogP contribution is -2.51. The first-order chi connectivity index (χ1) is 13.6. The van der Waals surface area contributed by atoms with E-state index in [4.69, 9.17) is 11.6 Å². The maximum Gasteiger partial charge on any atom is 0.253 e. The Bertz CT molecular complexity index is 1020. The minimum Gasteiger partial charge on any atom is -0.376 e.